The molecule has 16 heavy (non-hydrogen) atoms. The summed E-state index contributed by atoms with van der Waals surface area (Å²) in [5.74, 6) is 0. The van der Waals surface area contributed by atoms with Crippen molar-refractivity contribution in [3.8, 4) is 0 Å². The van der Waals surface area contributed by atoms with Gasteiger partial charge in [0.2, 0.25) is 10.0 Å². The summed E-state index contributed by atoms with van der Waals surface area (Å²) >= 11 is 1.08. The minimum atomic E-state index is -3.63. The SMILES string of the molecule is CC(C)(C)c1cn2cc(S(N)(=O)=O)sc2n1. The minimum Gasteiger partial charge on any atom is -0.296 e. The average Bonchev–Trinajstić information content (AvgIpc) is 2.53. The van der Waals surface area contributed by atoms with Gasteiger partial charge in [-0.1, -0.05) is 32.1 Å². The van der Waals surface area contributed by atoms with Crippen LogP contribution in [0, 0.1) is 0 Å². The summed E-state index contributed by atoms with van der Waals surface area (Å²) in [5, 5.41) is 5.05. The van der Waals surface area contributed by atoms with Gasteiger partial charge in [0.05, 0.1) is 5.69 Å². The maximum Gasteiger partial charge on any atom is 0.249 e. The fraction of sp³-hybridized carbons (Fsp3) is 0.444. The third-order valence-corrected chi connectivity index (χ3v) is 4.59. The maximum atomic E-state index is 11.1. The second-order valence-electron chi connectivity index (χ2n) is 4.66. The molecule has 0 atom stereocenters. The third kappa shape index (κ3) is 1.98. The highest BCUT2D eigenvalue weighted by molar-refractivity contribution is 7.91. The smallest absolute Gasteiger partial charge is 0.249 e. The van der Waals surface area contributed by atoms with E-state index in [1.807, 2.05) is 6.20 Å². The second-order valence-corrected chi connectivity index (χ2v) is 7.46. The molecule has 7 heteroatoms. The van der Waals surface area contributed by atoms with Crippen molar-refractivity contribution in [3.05, 3.63) is 18.1 Å². The summed E-state index contributed by atoms with van der Waals surface area (Å²) in [5.41, 5.74) is 0.882. The van der Waals surface area contributed by atoms with Crippen LogP contribution in [-0.4, -0.2) is 17.8 Å². The first kappa shape index (κ1) is 11.6. The number of fused-ring (bicyclic) bond motifs is 1. The summed E-state index contributed by atoms with van der Waals surface area (Å²) in [4.78, 5) is 5.03. The minimum absolute atomic E-state index is 0.0481. The zero-order valence-electron chi connectivity index (χ0n) is 9.26. The molecule has 0 amide bonds. The van der Waals surface area contributed by atoms with Gasteiger partial charge < -0.3 is 0 Å². The monoisotopic (exact) mass is 259 g/mol. The standard InChI is InChI=1S/C9H13N3O2S2/c1-9(2,3)6-4-12-5-7(16(10,13)14)15-8(12)11-6/h4-5H,1-3H3,(H2,10,13,14). The van der Waals surface area contributed by atoms with E-state index >= 15 is 0 Å². The molecule has 2 N–H and O–H groups in total. The number of nitrogens with two attached hydrogens (primary N) is 1. The molecule has 0 bridgehead atoms. The number of rotatable bonds is 1. The van der Waals surface area contributed by atoms with Gasteiger partial charge in [-0.15, -0.1) is 0 Å². The zero-order valence-corrected chi connectivity index (χ0v) is 10.9. The first-order chi connectivity index (χ1) is 7.18. The number of nitrogens with zero attached hydrogens (tertiary/aromatic N) is 2. The molecule has 0 spiro atoms. The highest BCUT2D eigenvalue weighted by Crippen LogP contribution is 2.26. The Morgan fingerprint density at radius 1 is 1.38 bits per heavy atom. The van der Waals surface area contributed by atoms with E-state index in [9.17, 15) is 8.42 Å². The van der Waals surface area contributed by atoms with Crippen molar-refractivity contribution in [1.29, 1.82) is 0 Å². The van der Waals surface area contributed by atoms with Crippen LogP contribution in [0.4, 0.5) is 0 Å². The number of hydrogen-bond donors (Lipinski definition) is 1. The van der Waals surface area contributed by atoms with Gasteiger partial charge in [-0.05, 0) is 0 Å². The van der Waals surface area contributed by atoms with Crippen molar-refractivity contribution in [2.24, 2.45) is 5.14 Å². The Kier molecular flexibility index (Phi) is 2.37. The van der Waals surface area contributed by atoms with Crippen molar-refractivity contribution in [3.63, 3.8) is 0 Å². The number of hydrogen-bond acceptors (Lipinski definition) is 4. The number of primary sulfonamides is 1. The normalized spacial score (nSPS) is 13.5. The van der Waals surface area contributed by atoms with Crippen LogP contribution in [0.3, 0.4) is 0 Å². The molecule has 0 aliphatic carbocycles. The van der Waals surface area contributed by atoms with E-state index in [0.717, 1.165) is 17.0 Å². The second kappa shape index (κ2) is 3.28. The van der Waals surface area contributed by atoms with Gasteiger partial charge in [0.1, 0.15) is 0 Å². The average molecular weight is 259 g/mol. The van der Waals surface area contributed by atoms with Crippen molar-refractivity contribution in [1.82, 2.24) is 9.38 Å². The van der Waals surface area contributed by atoms with Gasteiger partial charge >= 0.3 is 0 Å². The van der Waals surface area contributed by atoms with E-state index in [1.165, 1.54) is 6.20 Å². The van der Waals surface area contributed by atoms with Crippen molar-refractivity contribution in [2.45, 2.75) is 30.4 Å². The van der Waals surface area contributed by atoms with E-state index in [4.69, 9.17) is 5.14 Å². The van der Waals surface area contributed by atoms with E-state index in [1.54, 1.807) is 4.40 Å². The Morgan fingerprint density at radius 2 is 2.00 bits per heavy atom. The molecule has 88 valence electrons. The number of imidazole rings is 1. The summed E-state index contributed by atoms with van der Waals surface area (Å²) in [6, 6.07) is 0. The summed E-state index contributed by atoms with van der Waals surface area (Å²) in [6.45, 7) is 6.17. The van der Waals surface area contributed by atoms with Gasteiger partial charge in [-0.25, -0.2) is 18.5 Å². The van der Waals surface area contributed by atoms with Crippen molar-refractivity contribution >= 4 is 26.3 Å². The van der Waals surface area contributed by atoms with Crippen LogP contribution in [0.25, 0.3) is 4.96 Å². The first-order valence-electron chi connectivity index (χ1n) is 4.70. The molecule has 5 nitrogen and oxygen atoms in total. The Balaban J connectivity index is 2.57. The van der Waals surface area contributed by atoms with Crippen LogP contribution in [0.2, 0.25) is 0 Å². The van der Waals surface area contributed by atoms with Crippen LogP contribution in [-0.2, 0) is 15.4 Å². The Bertz CT molecular complexity index is 600. The lowest BCUT2D eigenvalue weighted by atomic mass is 9.93. The van der Waals surface area contributed by atoms with Gasteiger partial charge in [0.15, 0.2) is 9.17 Å². The summed E-state index contributed by atoms with van der Waals surface area (Å²) in [7, 11) is -3.63. The molecular weight excluding hydrogens is 246 g/mol. The molecule has 0 fully saturated rings. The lowest BCUT2D eigenvalue weighted by molar-refractivity contribution is 0.573. The molecule has 0 radical (unpaired) electrons. The molecule has 0 saturated heterocycles. The van der Waals surface area contributed by atoms with Gasteiger partial charge in [0.25, 0.3) is 0 Å². The maximum absolute atomic E-state index is 11.1. The predicted molar refractivity (Wildman–Crippen MR) is 63.1 cm³/mol. The highest BCUT2D eigenvalue weighted by Gasteiger charge is 2.20. The van der Waals surface area contributed by atoms with E-state index < -0.39 is 10.0 Å². The van der Waals surface area contributed by atoms with Crippen LogP contribution in [0.5, 0.6) is 0 Å². The molecule has 0 aromatic carbocycles. The summed E-state index contributed by atoms with van der Waals surface area (Å²) in [6.07, 6.45) is 3.33. The predicted octanol–water partition coefficient (Wildman–Crippen LogP) is 1.34. The Labute approximate surface area is 98.0 Å². The van der Waals surface area contributed by atoms with Gasteiger partial charge in [-0.2, -0.15) is 0 Å². The molecule has 2 rings (SSSR count). The highest BCUT2D eigenvalue weighted by atomic mass is 32.2. The lowest BCUT2D eigenvalue weighted by Crippen LogP contribution is -2.11. The largest absolute Gasteiger partial charge is 0.296 e. The number of sulfonamides is 1. The van der Waals surface area contributed by atoms with Crippen LogP contribution < -0.4 is 5.14 Å². The van der Waals surface area contributed by atoms with Gasteiger partial charge in [-0.3, -0.25) is 4.40 Å². The molecule has 0 unspecified atom stereocenters. The van der Waals surface area contributed by atoms with Crippen molar-refractivity contribution in [2.75, 3.05) is 0 Å². The van der Waals surface area contributed by atoms with Crippen LogP contribution in [0.1, 0.15) is 26.5 Å². The molecule has 2 aromatic rings. The molecule has 0 aliphatic heterocycles. The molecule has 2 aromatic heterocycles. The summed E-state index contributed by atoms with van der Waals surface area (Å²) < 4.78 is 24.1. The lowest BCUT2D eigenvalue weighted by Gasteiger charge is -2.13. The number of thiazole rings is 1. The van der Waals surface area contributed by atoms with Crippen molar-refractivity contribution < 1.29 is 8.42 Å². The fourth-order valence-corrected chi connectivity index (χ4v) is 2.92. The molecule has 0 saturated carbocycles. The molecule has 2 heterocycles. The number of aromatic nitrogens is 2. The first-order valence-corrected chi connectivity index (χ1v) is 7.06. The molecule has 0 aliphatic rings. The van der Waals surface area contributed by atoms with Crippen LogP contribution in [0.15, 0.2) is 16.6 Å². The fourth-order valence-electron chi connectivity index (χ4n) is 1.27. The Hall–Kier alpha value is -0.920. The van der Waals surface area contributed by atoms with Gasteiger partial charge in [0, 0.05) is 17.8 Å². The topological polar surface area (TPSA) is 77.5 Å². The van der Waals surface area contributed by atoms with E-state index in [2.05, 4.69) is 25.8 Å². The van der Waals surface area contributed by atoms with E-state index in [-0.39, 0.29) is 9.62 Å². The zero-order chi connectivity index (χ0) is 12.1. The third-order valence-electron chi connectivity index (χ3n) is 2.18. The molecular formula is C9H13N3O2S2. The van der Waals surface area contributed by atoms with E-state index in [0.29, 0.717) is 4.96 Å². The quantitative estimate of drug-likeness (QED) is 0.839. The van der Waals surface area contributed by atoms with Crippen LogP contribution >= 0.6 is 11.3 Å². The Morgan fingerprint density at radius 3 is 2.44 bits per heavy atom.